The van der Waals surface area contributed by atoms with Crippen LogP contribution in [0.3, 0.4) is 0 Å². The van der Waals surface area contributed by atoms with Gasteiger partial charge in [-0.15, -0.1) is 11.3 Å². The Morgan fingerprint density at radius 3 is 3.05 bits per heavy atom. The number of carbonyl (C=O) groups is 1. The molecule has 6 heteroatoms. The van der Waals surface area contributed by atoms with Crippen LogP contribution >= 0.6 is 11.3 Å². The molecule has 1 fully saturated rings. The van der Waals surface area contributed by atoms with Gasteiger partial charge in [0.25, 0.3) is 5.91 Å². The van der Waals surface area contributed by atoms with Crippen molar-refractivity contribution in [1.82, 2.24) is 15.2 Å². The van der Waals surface area contributed by atoms with Crippen molar-refractivity contribution in [3.63, 3.8) is 0 Å². The van der Waals surface area contributed by atoms with Gasteiger partial charge in [0.1, 0.15) is 0 Å². The molecule has 2 aliphatic rings. The number of hydrogen-bond acceptors (Lipinski definition) is 5. The molecule has 1 amide bonds. The lowest BCUT2D eigenvalue weighted by atomic mass is 9.92. The topological polar surface area (TPSA) is 65.5 Å². The SMILES string of the molecule is CN1CCc2nc(C(=O)N[C@@H]3CCCC[C@@H]3O)sc2C1. The van der Waals surface area contributed by atoms with Crippen LogP contribution in [0.1, 0.15) is 46.1 Å². The third-order valence-corrected chi connectivity index (χ3v) is 5.24. The summed E-state index contributed by atoms with van der Waals surface area (Å²) in [6.45, 7) is 1.88. The maximum atomic E-state index is 12.3. The molecule has 0 radical (unpaired) electrons. The van der Waals surface area contributed by atoms with Crippen LogP contribution in [0, 0.1) is 0 Å². The molecule has 2 N–H and O–H groups in total. The van der Waals surface area contributed by atoms with Crippen LogP contribution in [0.5, 0.6) is 0 Å². The van der Waals surface area contributed by atoms with E-state index in [1.165, 1.54) is 16.2 Å². The Bertz CT molecular complexity index is 503. The summed E-state index contributed by atoms with van der Waals surface area (Å²) in [4.78, 5) is 20.2. The molecule has 20 heavy (non-hydrogen) atoms. The Hall–Kier alpha value is -0.980. The van der Waals surface area contributed by atoms with Crippen molar-refractivity contribution in [3.8, 4) is 0 Å². The van der Waals surface area contributed by atoms with Gasteiger partial charge in [-0.05, 0) is 19.9 Å². The smallest absolute Gasteiger partial charge is 0.280 e. The highest BCUT2D eigenvalue weighted by atomic mass is 32.1. The van der Waals surface area contributed by atoms with E-state index < -0.39 is 6.10 Å². The van der Waals surface area contributed by atoms with E-state index in [4.69, 9.17) is 0 Å². The lowest BCUT2D eigenvalue weighted by Gasteiger charge is -2.27. The van der Waals surface area contributed by atoms with E-state index in [0.717, 1.165) is 50.9 Å². The Morgan fingerprint density at radius 2 is 2.25 bits per heavy atom. The van der Waals surface area contributed by atoms with Crippen LogP contribution in [0.15, 0.2) is 0 Å². The highest BCUT2D eigenvalue weighted by molar-refractivity contribution is 7.13. The lowest BCUT2D eigenvalue weighted by Crippen LogP contribution is -2.45. The second-order valence-electron chi connectivity index (χ2n) is 5.81. The van der Waals surface area contributed by atoms with Crippen molar-refractivity contribution in [1.29, 1.82) is 0 Å². The van der Waals surface area contributed by atoms with Crippen LogP contribution in [0.25, 0.3) is 0 Å². The maximum Gasteiger partial charge on any atom is 0.280 e. The standard InChI is InChI=1S/C14H21N3O2S/c1-17-7-6-10-12(8-17)20-14(16-10)13(19)15-9-4-2-3-5-11(9)18/h9,11,18H,2-8H2,1H3,(H,15,19)/t9-,11+/m1/s1. The molecule has 1 saturated carbocycles. The summed E-state index contributed by atoms with van der Waals surface area (Å²) < 4.78 is 0. The first-order valence-corrected chi connectivity index (χ1v) is 8.11. The maximum absolute atomic E-state index is 12.3. The van der Waals surface area contributed by atoms with Gasteiger partial charge < -0.3 is 15.3 Å². The zero-order valence-electron chi connectivity index (χ0n) is 11.8. The monoisotopic (exact) mass is 295 g/mol. The fourth-order valence-corrected chi connectivity index (χ4v) is 4.02. The first kappa shape index (κ1) is 14.0. The minimum Gasteiger partial charge on any atom is -0.391 e. The van der Waals surface area contributed by atoms with Crippen LogP contribution in [-0.4, -0.2) is 46.6 Å². The fraction of sp³-hybridized carbons (Fsp3) is 0.714. The minimum atomic E-state index is -0.409. The van der Waals surface area contributed by atoms with Crippen LogP contribution in [-0.2, 0) is 13.0 Å². The lowest BCUT2D eigenvalue weighted by molar-refractivity contribution is 0.0717. The van der Waals surface area contributed by atoms with Gasteiger partial charge in [-0.1, -0.05) is 12.8 Å². The van der Waals surface area contributed by atoms with Crippen molar-refractivity contribution in [2.24, 2.45) is 0 Å². The Labute approximate surface area is 123 Å². The van der Waals surface area contributed by atoms with Gasteiger partial charge in [0.05, 0.1) is 17.8 Å². The molecular formula is C14H21N3O2S. The predicted octanol–water partition coefficient (Wildman–Crippen LogP) is 1.16. The molecule has 2 atom stereocenters. The molecule has 0 saturated heterocycles. The minimum absolute atomic E-state index is 0.111. The number of aromatic nitrogens is 1. The Balaban J connectivity index is 1.68. The van der Waals surface area contributed by atoms with E-state index in [2.05, 4.69) is 22.2 Å². The zero-order valence-corrected chi connectivity index (χ0v) is 12.6. The van der Waals surface area contributed by atoms with Crippen molar-refractivity contribution < 1.29 is 9.90 Å². The van der Waals surface area contributed by atoms with Crippen molar-refractivity contribution in [3.05, 3.63) is 15.6 Å². The highest BCUT2D eigenvalue weighted by Crippen LogP contribution is 2.25. The van der Waals surface area contributed by atoms with Gasteiger partial charge in [0, 0.05) is 24.4 Å². The third kappa shape index (κ3) is 2.87. The Kier molecular flexibility index (Phi) is 4.05. The summed E-state index contributed by atoms with van der Waals surface area (Å²) in [5, 5.41) is 13.4. The molecule has 3 rings (SSSR count). The van der Waals surface area contributed by atoms with Crippen molar-refractivity contribution in [2.75, 3.05) is 13.6 Å². The summed E-state index contributed by atoms with van der Waals surface area (Å²) in [7, 11) is 2.08. The Morgan fingerprint density at radius 1 is 1.45 bits per heavy atom. The average Bonchev–Trinajstić information content (AvgIpc) is 2.84. The van der Waals surface area contributed by atoms with Gasteiger partial charge in [-0.2, -0.15) is 0 Å². The summed E-state index contributed by atoms with van der Waals surface area (Å²) in [6, 6.07) is -0.111. The molecule has 0 bridgehead atoms. The quantitative estimate of drug-likeness (QED) is 0.859. The number of nitrogens with zero attached hydrogens (tertiary/aromatic N) is 2. The fourth-order valence-electron chi connectivity index (χ4n) is 2.93. The second kappa shape index (κ2) is 5.79. The van der Waals surface area contributed by atoms with Crippen molar-refractivity contribution in [2.45, 2.75) is 50.8 Å². The number of likely N-dealkylation sites (N-methyl/N-ethyl adjacent to an activating group) is 1. The number of amides is 1. The van der Waals surface area contributed by atoms with Crippen molar-refractivity contribution >= 4 is 17.2 Å². The normalized spacial score (nSPS) is 27.1. The van der Waals surface area contributed by atoms with Gasteiger partial charge in [0.2, 0.25) is 0 Å². The second-order valence-corrected chi connectivity index (χ2v) is 6.89. The van der Waals surface area contributed by atoms with Gasteiger partial charge in [-0.25, -0.2) is 4.98 Å². The zero-order chi connectivity index (χ0) is 14.1. The molecule has 1 aromatic rings. The average molecular weight is 295 g/mol. The molecule has 5 nitrogen and oxygen atoms in total. The van der Waals surface area contributed by atoms with Gasteiger partial charge in [0.15, 0.2) is 5.01 Å². The number of carbonyl (C=O) groups excluding carboxylic acids is 1. The van der Waals surface area contributed by atoms with Crippen LogP contribution in [0.2, 0.25) is 0 Å². The van der Waals surface area contributed by atoms with E-state index in [1.807, 2.05) is 0 Å². The summed E-state index contributed by atoms with van der Waals surface area (Å²) in [5.41, 5.74) is 1.07. The first-order chi connectivity index (χ1) is 9.63. The third-order valence-electron chi connectivity index (χ3n) is 4.16. The number of aliphatic hydroxyl groups is 1. The van der Waals surface area contributed by atoms with E-state index in [-0.39, 0.29) is 11.9 Å². The molecule has 0 spiro atoms. The molecule has 0 aromatic carbocycles. The van der Waals surface area contributed by atoms with Gasteiger partial charge in [-0.3, -0.25) is 4.79 Å². The number of rotatable bonds is 2. The number of hydrogen-bond donors (Lipinski definition) is 2. The molecule has 2 heterocycles. The van der Waals surface area contributed by atoms with Crippen LogP contribution < -0.4 is 5.32 Å². The van der Waals surface area contributed by atoms with Gasteiger partial charge >= 0.3 is 0 Å². The van der Waals surface area contributed by atoms with E-state index >= 15 is 0 Å². The molecule has 1 aliphatic carbocycles. The predicted molar refractivity (Wildman–Crippen MR) is 77.9 cm³/mol. The number of aliphatic hydroxyl groups excluding tert-OH is 1. The molecular weight excluding hydrogens is 274 g/mol. The highest BCUT2D eigenvalue weighted by Gasteiger charge is 2.27. The number of fused-ring (bicyclic) bond motifs is 1. The summed E-state index contributed by atoms with van der Waals surface area (Å²) in [5.74, 6) is -0.127. The van der Waals surface area contributed by atoms with E-state index in [0.29, 0.717) is 5.01 Å². The summed E-state index contributed by atoms with van der Waals surface area (Å²) >= 11 is 1.49. The first-order valence-electron chi connectivity index (χ1n) is 7.29. The molecule has 0 unspecified atom stereocenters. The molecule has 1 aliphatic heterocycles. The number of nitrogens with one attached hydrogen (secondary N) is 1. The largest absolute Gasteiger partial charge is 0.391 e. The van der Waals surface area contributed by atoms with Crippen LogP contribution in [0.4, 0.5) is 0 Å². The molecule has 110 valence electrons. The molecule has 1 aromatic heterocycles. The van der Waals surface area contributed by atoms with E-state index in [1.54, 1.807) is 0 Å². The number of thiazole rings is 1. The summed E-state index contributed by atoms with van der Waals surface area (Å²) in [6.07, 6.45) is 4.27. The van der Waals surface area contributed by atoms with E-state index in [9.17, 15) is 9.90 Å².